The third-order valence-corrected chi connectivity index (χ3v) is 6.12. The number of fused-ring (bicyclic) bond motifs is 4. The Balaban J connectivity index is 1.60. The molecule has 1 N–H and O–H groups in total. The van der Waals surface area contributed by atoms with E-state index in [1.807, 2.05) is 38.9 Å². The van der Waals surface area contributed by atoms with Crippen molar-refractivity contribution in [3.8, 4) is 0 Å². The van der Waals surface area contributed by atoms with Gasteiger partial charge < -0.3 is 24.0 Å². The zero-order chi connectivity index (χ0) is 19.0. The summed E-state index contributed by atoms with van der Waals surface area (Å²) in [7, 11) is 3.85. The molecule has 5 atom stereocenters. The van der Waals surface area contributed by atoms with E-state index in [1.54, 1.807) is 12.7 Å². The third kappa shape index (κ3) is 2.30. The molecule has 2 aromatic heterocycles. The first kappa shape index (κ1) is 17.1. The molecule has 0 radical (unpaired) electrons. The first-order valence-corrected chi connectivity index (χ1v) is 9.37. The Bertz CT molecular complexity index is 923. The second-order valence-corrected chi connectivity index (χ2v) is 8.50. The lowest BCUT2D eigenvalue weighted by atomic mass is 10.0. The number of aliphatic hydroxyl groups is 1. The van der Waals surface area contributed by atoms with Crippen molar-refractivity contribution in [2.75, 3.05) is 20.7 Å². The van der Waals surface area contributed by atoms with Crippen LogP contribution in [0.3, 0.4) is 0 Å². The van der Waals surface area contributed by atoms with Gasteiger partial charge in [-0.15, -0.1) is 0 Å². The maximum atomic E-state index is 9.98. The molecule has 0 aromatic carbocycles. The van der Waals surface area contributed by atoms with E-state index in [0.29, 0.717) is 11.7 Å². The van der Waals surface area contributed by atoms with Crippen LogP contribution in [-0.2, 0) is 15.0 Å². The molecule has 5 rings (SSSR count). The van der Waals surface area contributed by atoms with Gasteiger partial charge >= 0.3 is 0 Å². The van der Waals surface area contributed by atoms with Crippen LogP contribution >= 0.6 is 0 Å². The van der Waals surface area contributed by atoms with Crippen molar-refractivity contribution in [3.63, 3.8) is 0 Å². The third-order valence-electron chi connectivity index (χ3n) is 6.12. The predicted molar refractivity (Wildman–Crippen MR) is 99.8 cm³/mol. The number of nitrogens with zero attached hydrogens (tertiary/aromatic N) is 5. The molecule has 2 aromatic rings. The summed E-state index contributed by atoms with van der Waals surface area (Å²) in [5, 5.41) is 10.9. The lowest BCUT2D eigenvalue weighted by Crippen LogP contribution is -2.37. The summed E-state index contributed by atoms with van der Waals surface area (Å²) in [5.41, 5.74) is 0.633. The molecule has 1 saturated heterocycles. The standard InChI is InChI=1S/C19H25N5O3/c1-18(2)26-14-12(8-25)13-7-19(13,15(14)27-18)24-6-5-11-16(22-10-23(3)4)20-9-21-17(11)24/h5-6,9-10,12-15,25H,7-8H2,1-4H3/b22-10+/t12-,13-,14+,15+,19-/m0/s1. The number of ether oxygens (including phenoxy) is 2. The molecule has 27 heavy (non-hydrogen) atoms. The zero-order valence-corrected chi connectivity index (χ0v) is 16.0. The minimum absolute atomic E-state index is 0.0855. The second-order valence-electron chi connectivity index (χ2n) is 8.50. The van der Waals surface area contributed by atoms with E-state index in [4.69, 9.17) is 9.47 Å². The van der Waals surface area contributed by atoms with Crippen LogP contribution in [0.4, 0.5) is 5.82 Å². The van der Waals surface area contributed by atoms with E-state index in [0.717, 1.165) is 17.5 Å². The molecule has 3 fully saturated rings. The number of rotatable bonds is 4. The topological polar surface area (TPSA) is 85.0 Å². The van der Waals surface area contributed by atoms with Crippen molar-refractivity contribution in [3.05, 3.63) is 18.6 Å². The SMILES string of the molecule is CN(C)/C=N/c1ncnc2c1ccn2[C@@]12C[C@H]1[C@H](CO)[C@H]1OC(C)(C)O[C@H]12. The molecule has 1 aliphatic heterocycles. The van der Waals surface area contributed by atoms with Crippen LogP contribution in [0.15, 0.2) is 23.6 Å². The van der Waals surface area contributed by atoms with Gasteiger partial charge in [-0.2, -0.15) is 0 Å². The highest BCUT2D eigenvalue weighted by atomic mass is 16.8. The van der Waals surface area contributed by atoms with E-state index in [2.05, 4.69) is 25.7 Å². The molecule has 144 valence electrons. The fourth-order valence-corrected chi connectivity index (χ4v) is 5.05. The summed E-state index contributed by atoms with van der Waals surface area (Å²) in [6.07, 6.45) is 6.13. The Morgan fingerprint density at radius 2 is 2.19 bits per heavy atom. The molecule has 0 amide bonds. The van der Waals surface area contributed by atoms with Crippen molar-refractivity contribution in [1.29, 1.82) is 0 Å². The molecule has 0 spiro atoms. The van der Waals surface area contributed by atoms with Gasteiger partial charge in [0, 0.05) is 32.8 Å². The number of aromatic nitrogens is 3. The van der Waals surface area contributed by atoms with Crippen molar-refractivity contribution < 1.29 is 14.6 Å². The predicted octanol–water partition coefficient (Wildman–Crippen LogP) is 1.51. The fourth-order valence-electron chi connectivity index (χ4n) is 5.05. The lowest BCUT2D eigenvalue weighted by Gasteiger charge is -2.25. The molecule has 0 bridgehead atoms. The Kier molecular flexibility index (Phi) is 3.48. The Morgan fingerprint density at radius 3 is 2.93 bits per heavy atom. The molecular weight excluding hydrogens is 346 g/mol. The van der Waals surface area contributed by atoms with Gasteiger partial charge in [-0.3, -0.25) is 0 Å². The van der Waals surface area contributed by atoms with Crippen LogP contribution in [0, 0.1) is 11.8 Å². The van der Waals surface area contributed by atoms with Gasteiger partial charge in [-0.1, -0.05) is 0 Å². The van der Waals surface area contributed by atoms with Gasteiger partial charge in [0.25, 0.3) is 0 Å². The number of aliphatic hydroxyl groups excluding tert-OH is 1. The quantitative estimate of drug-likeness (QED) is 0.648. The van der Waals surface area contributed by atoms with E-state index in [1.165, 1.54) is 0 Å². The highest BCUT2D eigenvalue weighted by Crippen LogP contribution is 2.68. The monoisotopic (exact) mass is 371 g/mol. The molecule has 8 heteroatoms. The van der Waals surface area contributed by atoms with Crippen molar-refractivity contribution in [2.24, 2.45) is 16.8 Å². The summed E-state index contributed by atoms with van der Waals surface area (Å²) in [6.45, 7) is 3.99. The highest BCUT2D eigenvalue weighted by Gasteiger charge is 2.76. The first-order chi connectivity index (χ1) is 12.9. The van der Waals surface area contributed by atoms with E-state index < -0.39 is 5.79 Å². The largest absolute Gasteiger partial charge is 0.396 e. The van der Waals surface area contributed by atoms with Gasteiger partial charge in [0.2, 0.25) is 0 Å². The molecule has 3 heterocycles. The number of aliphatic imine (C=N–C) groups is 1. The average Bonchev–Trinajstić information content (AvgIpc) is 2.92. The molecule has 8 nitrogen and oxygen atoms in total. The van der Waals surface area contributed by atoms with Crippen LogP contribution < -0.4 is 0 Å². The lowest BCUT2D eigenvalue weighted by molar-refractivity contribution is -0.162. The van der Waals surface area contributed by atoms with Gasteiger partial charge in [0.15, 0.2) is 11.6 Å². The molecular formula is C19H25N5O3. The van der Waals surface area contributed by atoms with Gasteiger partial charge in [-0.25, -0.2) is 15.0 Å². The van der Waals surface area contributed by atoms with Crippen LogP contribution in [0.1, 0.15) is 20.3 Å². The summed E-state index contributed by atoms with van der Waals surface area (Å²) in [4.78, 5) is 15.2. The minimum atomic E-state index is -0.636. The maximum absolute atomic E-state index is 9.98. The molecule has 2 aliphatic carbocycles. The summed E-state index contributed by atoms with van der Waals surface area (Å²) >= 11 is 0. The molecule has 2 saturated carbocycles. The number of hydrogen-bond donors (Lipinski definition) is 1. The maximum Gasteiger partial charge on any atom is 0.166 e. The molecule has 0 unspecified atom stereocenters. The summed E-state index contributed by atoms with van der Waals surface area (Å²) in [5.74, 6) is 0.427. The summed E-state index contributed by atoms with van der Waals surface area (Å²) in [6, 6.07) is 2.02. The Hall–Kier alpha value is -2.03. The van der Waals surface area contributed by atoms with E-state index in [-0.39, 0.29) is 30.3 Å². The highest BCUT2D eigenvalue weighted by molar-refractivity contribution is 5.87. The van der Waals surface area contributed by atoms with E-state index >= 15 is 0 Å². The second kappa shape index (κ2) is 5.50. The van der Waals surface area contributed by atoms with Crippen LogP contribution in [0.25, 0.3) is 11.0 Å². The van der Waals surface area contributed by atoms with E-state index in [9.17, 15) is 5.11 Å². The van der Waals surface area contributed by atoms with Crippen molar-refractivity contribution >= 4 is 23.2 Å². The van der Waals surface area contributed by atoms with Crippen LogP contribution in [0.5, 0.6) is 0 Å². The normalized spacial score (nSPS) is 36.3. The van der Waals surface area contributed by atoms with Gasteiger partial charge in [0.1, 0.15) is 18.1 Å². The first-order valence-electron chi connectivity index (χ1n) is 9.37. The van der Waals surface area contributed by atoms with Gasteiger partial charge in [-0.05, 0) is 32.3 Å². The van der Waals surface area contributed by atoms with Crippen molar-refractivity contribution in [2.45, 2.75) is 43.8 Å². The Labute approximate surface area is 157 Å². The molecule has 3 aliphatic rings. The van der Waals surface area contributed by atoms with Crippen molar-refractivity contribution in [1.82, 2.24) is 19.4 Å². The fraction of sp³-hybridized carbons (Fsp3) is 0.632. The zero-order valence-electron chi connectivity index (χ0n) is 16.0. The Morgan fingerprint density at radius 1 is 1.37 bits per heavy atom. The van der Waals surface area contributed by atoms with Gasteiger partial charge in [0.05, 0.1) is 23.4 Å². The minimum Gasteiger partial charge on any atom is -0.396 e. The van der Waals surface area contributed by atoms with Crippen LogP contribution in [-0.4, -0.2) is 69.6 Å². The summed E-state index contributed by atoms with van der Waals surface area (Å²) < 4.78 is 14.7. The number of hydrogen-bond acceptors (Lipinski definition) is 6. The average molecular weight is 371 g/mol. The van der Waals surface area contributed by atoms with Crippen LogP contribution in [0.2, 0.25) is 0 Å². The smallest absolute Gasteiger partial charge is 0.166 e.